The zero-order valence-corrected chi connectivity index (χ0v) is 10.7. The number of carbonyl (C=O) groups is 1. The summed E-state index contributed by atoms with van der Waals surface area (Å²) in [6.45, 7) is 0. The standard InChI is InChI=1S/C18H11NO/c20-11-13-5-3-7-16-15(13)8-9-17-14-6-2-1-4-12(14)10-19-18(16)17/h1-11H. The molecular formula is C18H11NO. The summed E-state index contributed by atoms with van der Waals surface area (Å²) in [6.07, 6.45) is 2.79. The minimum absolute atomic E-state index is 0.708. The molecule has 0 aliphatic heterocycles. The van der Waals surface area contributed by atoms with E-state index < -0.39 is 0 Å². The van der Waals surface area contributed by atoms with Gasteiger partial charge in [-0.15, -0.1) is 0 Å². The minimum atomic E-state index is 0.708. The predicted molar refractivity (Wildman–Crippen MR) is 82.1 cm³/mol. The molecule has 1 heterocycles. The van der Waals surface area contributed by atoms with E-state index in [0.29, 0.717) is 5.56 Å². The molecule has 0 unspecified atom stereocenters. The van der Waals surface area contributed by atoms with E-state index >= 15 is 0 Å². The topological polar surface area (TPSA) is 30.0 Å². The Kier molecular flexibility index (Phi) is 2.30. The highest BCUT2D eigenvalue weighted by Gasteiger charge is 2.07. The van der Waals surface area contributed by atoms with Crippen LogP contribution in [0, 0.1) is 0 Å². The molecule has 0 aliphatic carbocycles. The Bertz CT molecular complexity index is 973. The van der Waals surface area contributed by atoms with Crippen LogP contribution in [0.2, 0.25) is 0 Å². The predicted octanol–water partition coefficient (Wildman–Crippen LogP) is 4.35. The molecule has 0 N–H and O–H groups in total. The first-order chi connectivity index (χ1) is 9.88. The Morgan fingerprint density at radius 1 is 0.750 bits per heavy atom. The van der Waals surface area contributed by atoms with Crippen LogP contribution in [0.5, 0.6) is 0 Å². The van der Waals surface area contributed by atoms with Crippen LogP contribution in [0.25, 0.3) is 32.4 Å². The molecule has 94 valence electrons. The van der Waals surface area contributed by atoms with Crippen molar-refractivity contribution in [2.75, 3.05) is 0 Å². The lowest BCUT2D eigenvalue weighted by Gasteiger charge is -2.07. The van der Waals surface area contributed by atoms with Crippen molar-refractivity contribution in [1.29, 1.82) is 0 Å². The Morgan fingerprint density at radius 2 is 1.50 bits per heavy atom. The van der Waals surface area contributed by atoms with Gasteiger partial charge < -0.3 is 0 Å². The molecule has 2 nitrogen and oxygen atoms in total. The summed E-state index contributed by atoms with van der Waals surface area (Å²) in [4.78, 5) is 15.7. The lowest BCUT2D eigenvalue weighted by atomic mass is 9.99. The van der Waals surface area contributed by atoms with Crippen molar-refractivity contribution in [3.8, 4) is 0 Å². The number of hydrogen-bond donors (Lipinski definition) is 0. The number of aromatic nitrogens is 1. The molecule has 1 aromatic heterocycles. The Hall–Kier alpha value is -2.74. The van der Waals surface area contributed by atoms with E-state index in [9.17, 15) is 4.79 Å². The second kappa shape index (κ2) is 4.14. The van der Waals surface area contributed by atoms with Crippen molar-refractivity contribution in [1.82, 2.24) is 4.98 Å². The van der Waals surface area contributed by atoms with Gasteiger partial charge in [-0.25, -0.2) is 0 Å². The van der Waals surface area contributed by atoms with Gasteiger partial charge in [0.25, 0.3) is 0 Å². The molecule has 0 spiro atoms. The number of nitrogens with zero attached hydrogens (tertiary/aromatic N) is 1. The fourth-order valence-electron chi connectivity index (χ4n) is 2.81. The van der Waals surface area contributed by atoms with Gasteiger partial charge in [0.15, 0.2) is 6.29 Å². The maximum atomic E-state index is 11.1. The monoisotopic (exact) mass is 257 g/mol. The van der Waals surface area contributed by atoms with Crippen LogP contribution in [0.1, 0.15) is 10.4 Å². The highest BCUT2D eigenvalue weighted by atomic mass is 16.1. The van der Waals surface area contributed by atoms with Crippen LogP contribution in [-0.2, 0) is 0 Å². The smallest absolute Gasteiger partial charge is 0.150 e. The van der Waals surface area contributed by atoms with Crippen LogP contribution in [-0.4, -0.2) is 11.3 Å². The summed E-state index contributed by atoms with van der Waals surface area (Å²) >= 11 is 0. The highest BCUT2D eigenvalue weighted by Crippen LogP contribution is 2.30. The molecule has 4 aromatic rings. The quantitative estimate of drug-likeness (QED) is 0.375. The Balaban J connectivity index is 2.26. The average Bonchev–Trinajstić information content (AvgIpc) is 2.53. The van der Waals surface area contributed by atoms with Gasteiger partial charge in [-0.3, -0.25) is 9.78 Å². The first kappa shape index (κ1) is 11.1. The molecule has 4 rings (SSSR count). The summed E-state index contributed by atoms with van der Waals surface area (Å²) in [5.41, 5.74) is 1.66. The first-order valence-electron chi connectivity index (χ1n) is 6.53. The number of fused-ring (bicyclic) bond motifs is 5. The van der Waals surface area contributed by atoms with E-state index in [1.54, 1.807) is 0 Å². The zero-order chi connectivity index (χ0) is 13.5. The number of pyridine rings is 1. The number of aldehydes is 1. The molecule has 0 saturated heterocycles. The van der Waals surface area contributed by atoms with Crippen molar-refractivity contribution >= 4 is 38.7 Å². The molecule has 0 aliphatic rings. The van der Waals surface area contributed by atoms with Gasteiger partial charge in [-0.1, -0.05) is 54.6 Å². The Morgan fingerprint density at radius 3 is 2.40 bits per heavy atom. The van der Waals surface area contributed by atoms with Crippen LogP contribution in [0.3, 0.4) is 0 Å². The SMILES string of the molecule is O=Cc1cccc2c1ccc1c3ccccc3cnc21. The van der Waals surface area contributed by atoms with E-state index in [2.05, 4.69) is 23.2 Å². The Labute approximate surface area is 115 Å². The second-order valence-electron chi connectivity index (χ2n) is 4.87. The van der Waals surface area contributed by atoms with Crippen molar-refractivity contribution in [2.24, 2.45) is 0 Å². The molecule has 2 heteroatoms. The van der Waals surface area contributed by atoms with Crippen molar-refractivity contribution in [2.45, 2.75) is 0 Å². The summed E-state index contributed by atoms with van der Waals surface area (Å²) in [7, 11) is 0. The fourth-order valence-corrected chi connectivity index (χ4v) is 2.81. The number of carbonyl (C=O) groups excluding carboxylic acids is 1. The molecule has 3 aromatic carbocycles. The molecular weight excluding hydrogens is 246 g/mol. The fraction of sp³-hybridized carbons (Fsp3) is 0. The van der Waals surface area contributed by atoms with E-state index in [-0.39, 0.29) is 0 Å². The molecule has 0 amide bonds. The van der Waals surface area contributed by atoms with Gasteiger partial charge in [0.1, 0.15) is 0 Å². The molecule has 0 fully saturated rings. The van der Waals surface area contributed by atoms with E-state index in [1.165, 1.54) is 5.39 Å². The number of benzene rings is 3. The van der Waals surface area contributed by atoms with Gasteiger partial charge in [-0.05, 0) is 10.8 Å². The number of hydrogen-bond acceptors (Lipinski definition) is 2. The van der Waals surface area contributed by atoms with Gasteiger partial charge in [0.2, 0.25) is 0 Å². The third-order valence-corrected chi connectivity index (χ3v) is 3.78. The minimum Gasteiger partial charge on any atom is -0.298 e. The number of rotatable bonds is 1. The molecule has 0 saturated carbocycles. The normalized spacial score (nSPS) is 11.2. The average molecular weight is 257 g/mol. The maximum Gasteiger partial charge on any atom is 0.150 e. The third kappa shape index (κ3) is 1.45. The third-order valence-electron chi connectivity index (χ3n) is 3.78. The highest BCUT2D eigenvalue weighted by molar-refractivity contribution is 6.17. The summed E-state index contributed by atoms with van der Waals surface area (Å²) in [5.74, 6) is 0. The molecule has 0 bridgehead atoms. The van der Waals surface area contributed by atoms with Crippen LogP contribution >= 0.6 is 0 Å². The molecule has 0 atom stereocenters. The van der Waals surface area contributed by atoms with E-state index in [0.717, 1.165) is 33.3 Å². The largest absolute Gasteiger partial charge is 0.298 e. The molecule has 0 radical (unpaired) electrons. The van der Waals surface area contributed by atoms with Crippen molar-refractivity contribution in [3.05, 3.63) is 66.4 Å². The lowest BCUT2D eigenvalue weighted by molar-refractivity contribution is 0.112. The zero-order valence-electron chi connectivity index (χ0n) is 10.7. The van der Waals surface area contributed by atoms with Crippen LogP contribution in [0.4, 0.5) is 0 Å². The van der Waals surface area contributed by atoms with E-state index in [4.69, 9.17) is 0 Å². The summed E-state index contributed by atoms with van der Waals surface area (Å²) in [6, 6.07) is 18.0. The van der Waals surface area contributed by atoms with Gasteiger partial charge >= 0.3 is 0 Å². The maximum absolute atomic E-state index is 11.1. The summed E-state index contributed by atoms with van der Waals surface area (Å²) in [5, 5.41) is 5.43. The van der Waals surface area contributed by atoms with Crippen molar-refractivity contribution in [3.63, 3.8) is 0 Å². The molecule has 20 heavy (non-hydrogen) atoms. The van der Waals surface area contributed by atoms with E-state index in [1.807, 2.05) is 42.6 Å². The second-order valence-corrected chi connectivity index (χ2v) is 4.87. The van der Waals surface area contributed by atoms with Crippen LogP contribution < -0.4 is 0 Å². The van der Waals surface area contributed by atoms with Gasteiger partial charge in [0.05, 0.1) is 5.52 Å². The summed E-state index contributed by atoms with van der Waals surface area (Å²) < 4.78 is 0. The van der Waals surface area contributed by atoms with Crippen LogP contribution in [0.15, 0.2) is 60.8 Å². The van der Waals surface area contributed by atoms with Gasteiger partial charge in [0, 0.05) is 27.9 Å². The first-order valence-corrected chi connectivity index (χ1v) is 6.53. The van der Waals surface area contributed by atoms with Crippen molar-refractivity contribution < 1.29 is 4.79 Å². The lowest BCUT2D eigenvalue weighted by Crippen LogP contribution is -1.87. The van der Waals surface area contributed by atoms with Gasteiger partial charge in [-0.2, -0.15) is 0 Å².